The molecule has 1 atom stereocenters. The van der Waals surface area contributed by atoms with Crippen molar-refractivity contribution in [3.63, 3.8) is 0 Å². The molecule has 0 radical (unpaired) electrons. The topological polar surface area (TPSA) is 78.4 Å². The van der Waals surface area contributed by atoms with Crippen LogP contribution in [0.2, 0.25) is 0 Å². The van der Waals surface area contributed by atoms with Crippen LogP contribution in [0.5, 0.6) is 0 Å². The predicted octanol–water partition coefficient (Wildman–Crippen LogP) is 1.69. The maximum atomic E-state index is 11.3. The molecule has 0 bridgehead atoms. The van der Waals surface area contributed by atoms with Gasteiger partial charge in [-0.1, -0.05) is 36.4 Å². The number of nitrogens with one attached hydrogen (secondary N) is 2. The zero-order chi connectivity index (χ0) is 12.7. The van der Waals surface area contributed by atoms with Crippen LogP contribution >= 0.6 is 15.9 Å². The number of carboxylic acid groups (broad SMARTS) is 1. The lowest BCUT2D eigenvalue weighted by molar-refractivity contribution is -0.139. The smallest absolute Gasteiger partial charge is 0.326 e. The van der Waals surface area contributed by atoms with E-state index >= 15 is 0 Å². The number of carbonyl (C=O) groups excluding carboxylic acids is 1. The summed E-state index contributed by atoms with van der Waals surface area (Å²) in [6.45, 7) is 7.61. The summed E-state index contributed by atoms with van der Waals surface area (Å²) >= 11 is 3.09. The van der Waals surface area contributed by atoms with E-state index in [1.54, 1.807) is 0 Å². The van der Waals surface area contributed by atoms with Crippen LogP contribution in [0.3, 0.4) is 0 Å². The zero-order valence-electron chi connectivity index (χ0n) is 9.42. The van der Waals surface area contributed by atoms with E-state index in [2.05, 4.69) is 33.1 Å². The van der Waals surface area contributed by atoms with Crippen LogP contribution in [0.25, 0.3) is 0 Å². The van der Waals surface area contributed by atoms with Gasteiger partial charge in [-0.15, -0.1) is 0 Å². The Labute approximate surface area is 103 Å². The molecule has 3 N–H and O–H groups in total. The van der Waals surface area contributed by atoms with Gasteiger partial charge in [0.2, 0.25) is 0 Å². The number of halogens is 1. The first-order valence-electron chi connectivity index (χ1n) is 4.93. The van der Waals surface area contributed by atoms with Gasteiger partial charge in [0, 0.05) is 4.48 Å². The van der Waals surface area contributed by atoms with Crippen molar-refractivity contribution in [2.75, 3.05) is 6.54 Å². The molecule has 0 aromatic rings. The second-order valence-electron chi connectivity index (χ2n) is 3.86. The summed E-state index contributed by atoms with van der Waals surface area (Å²) in [5, 5.41) is 13.8. The van der Waals surface area contributed by atoms with E-state index in [-0.39, 0.29) is 12.5 Å². The SMILES string of the molecule is C=C(Br)CNC(=O)N[C@@H](CC(C)C)C(=O)O. The summed E-state index contributed by atoms with van der Waals surface area (Å²) in [5.74, 6) is -0.825. The van der Waals surface area contributed by atoms with E-state index < -0.39 is 18.0 Å². The summed E-state index contributed by atoms with van der Waals surface area (Å²) in [7, 11) is 0. The molecule has 0 saturated heterocycles. The second kappa shape index (κ2) is 7.27. The van der Waals surface area contributed by atoms with E-state index in [9.17, 15) is 9.59 Å². The normalized spacial score (nSPS) is 12.0. The number of amides is 2. The van der Waals surface area contributed by atoms with Gasteiger partial charge in [0.05, 0.1) is 6.54 Å². The molecule has 0 aliphatic heterocycles. The van der Waals surface area contributed by atoms with E-state index in [4.69, 9.17) is 5.11 Å². The van der Waals surface area contributed by atoms with Crippen LogP contribution in [0.15, 0.2) is 11.1 Å². The van der Waals surface area contributed by atoms with Gasteiger partial charge in [-0.25, -0.2) is 9.59 Å². The van der Waals surface area contributed by atoms with Gasteiger partial charge >= 0.3 is 12.0 Å². The largest absolute Gasteiger partial charge is 0.480 e. The van der Waals surface area contributed by atoms with Crippen LogP contribution < -0.4 is 10.6 Å². The highest BCUT2D eigenvalue weighted by Gasteiger charge is 2.20. The first-order chi connectivity index (χ1) is 7.32. The van der Waals surface area contributed by atoms with Crippen LogP contribution in [0.1, 0.15) is 20.3 Å². The van der Waals surface area contributed by atoms with E-state index in [0.29, 0.717) is 10.9 Å². The number of carbonyl (C=O) groups is 2. The fourth-order valence-corrected chi connectivity index (χ4v) is 1.22. The molecule has 0 fully saturated rings. The average Bonchev–Trinajstić information content (AvgIpc) is 2.12. The minimum absolute atomic E-state index is 0.201. The van der Waals surface area contributed by atoms with Crippen molar-refractivity contribution in [1.82, 2.24) is 10.6 Å². The fraction of sp³-hybridized carbons (Fsp3) is 0.600. The lowest BCUT2D eigenvalue weighted by Gasteiger charge is -2.16. The van der Waals surface area contributed by atoms with Crippen LogP contribution in [-0.4, -0.2) is 29.7 Å². The number of urea groups is 1. The van der Waals surface area contributed by atoms with Gasteiger partial charge in [0.15, 0.2) is 0 Å². The minimum Gasteiger partial charge on any atom is -0.480 e. The Morgan fingerprint density at radius 3 is 2.38 bits per heavy atom. The molecule has 0 rings (SSSR count). The number of hydrogen-bond donors (Lipinski definition) is 3. The second-order valence-corrected chi connectivity index (χ2v) is 4.99. The predicted molar refractivity (Wildman–Crippen MR) is 65.5 cm³/mol. The van der Waals surface area contributed by atoms with Crippen molar-refractivity contribution < 1.29 is 14.7 Å². The van der Waals surface area contributed by atoms with E-state index in [1.165, 1.54) is 0 Å². The number of hydrogen-bond acceptors (Lipinski definition) is 2. The molecule has 0 saturated carbocycles. The van der Waals surface area contributed by atoms with Crippen molar-refractivity contribution in [3.05, 3.63) is 11.1 Å². The Balaban J connectivity index is 4.13. The molecule has 6 heteroatoms. The quantitative estimate of drug-likeness (QED) is 0.697. The van der Waals surface area contributed by atoms with Gasteiger partial charge in [-0.2, -0.15) is 0 Å². The van der Waals surface area contributed by atoms with Crippen molar-refractivity contribution in [2.45, 2.75) is 26.3 Å². The first kappa shape index (κ1) is 15.0. The summed E-state index contributed by atoms with van der Waals surface area (Å²) in [6.07, 6.45) is 0.401. The third-order valence-corrected chi connectivity index (χ3v) is 2.03. The molecule has 0 aliphatic carbocycles. The summed E-state index contributed by atoms with van der Waals surface area (Å²) in [5.41, 5.74) is 0. The Bertz CT molecular complexity index is 279. The highest BCUT2D eigenvalue weighted by Crippen LogP contribution is 2.04. The van der Waals surface area contributed by atoms with Gasteiger partial charge < -0.3 is 15.7 Å². The Morgan fingerprint density at radius 1 is 1.44 bits per heavy atom. The van der Waals surface area contributed by atoms with Crippen molar-refractivity contribution in [3.8, 4) is 0 Å². The van der Waals surface area contributed by atoms with Crippen LogP contribution in [0.4, 0.5) is 4.79 Å². The molecule has 2 amide bonds. The fourth-order valence-electron chi connectivity index (χ4n) is 1.08. The van der Waals surface area contributed by atoms with E-state index in [0.717, 1.165) is 0 Å². The van der Waals surface area contributed by atoms with Crippen molar-refractivity contribution in [1.29, 1.82) is 0 Å². The molecule has 0 heterocycles. The molecular weight excluding hydrogens is 276 g/mol. The van der Waals surface area contributed by atoms with Gasteiger partial charge in [-0.3, -0.25) is 0 Å². The number of rotatable bonds is 6. The molecule has 16 heavy (non-hydrogen) atoms. The van der Waals surface area contributed by atoms with Crippen molar-refractivity contribution in [2.24, 2.45) is 5.92 Å². The highest BCUT2D eigenvalue weighted by molar-refractivity contribution is 9.11. The lowest BCUT2D eigenvalue weighted by atomic mass is 10.0. The molecule has 0 spiro atoms. The standard InChI is InChI=1S/C10H17BrN2O3/c1-6(2)4-8(9(14)15)13-10(16)12-5-7(3)11/h6,8H,3-5H2,1-2H3,(H,14,15)(H2,12,13,16)/t8-/m0/s1. The van der Waals surface area contributed by atoms with Gasteiger partial charge in [0.25, 0.3) is 0 Å². The van der Waals surface area contributed by atoms with Gasteiger partial charge in [0.1, 0.15) is 6.04 Å². The zero-order valence-corrected chi connectivity index (χ0v) is 11.0. The summed E-state index contributed by atoms with van der Waals surface area (Å²) in [4.78, 5) is 22.1. The first-order valence-corrected chi connectivity index (χ1v) is 5.72. The summed E-state index contributed by atoms with van der Waals surface area (Å²) < 4.78 is 0.624. The molecule has 0 unspecified atom stereocenters. The van der Waals surface area contributed by atoms with E-state index in [1.807, 2.05) is 13.8 Å². The Hall–Kier alpha value is -1.04. The third-order valence-electron chi connectivity index (χ3n) is 1.75. The molecule has 0 aliphatic rings. The Morgan fingerprint density at radius 2 is 2.00 bits per heavy atom. The molecule has 0 aromatic carbocycles. The maximum absolute atomic E-state index is 11.3. The molecular formula is C10H17BrN2O3. The van der Waals surface area contributed by atoms with Crippen molar-refractivity contribution >= 4 is 27.9 Å². The summed E-state index contributed by atoms with van der Waals surface area (Å²) in [6, 6.07) is -1.36. The average molecular weight is 293 g/mol. The Kier molecular flexibility index (Phi) is 6.80. The van der Waals surface area contributed by atoms with Gasteiger partial charge in [-0.05, 0) is 12.3 Å². The highest BCUT2D eigenvalue weighted by atomic mass is 79.9. The monoisotopic (exact) mass is 292 g/mol. The number of carboxylic acids is 1. The third kappa shape index (κ3) is 7.28. The van der Waals surface area contributed by atoms with Crippen LogP contribution in [-0.2, 0) is 4.79 Å². The lowest BCUT2D eigenvalue weighted by Crippen LogP contribution is -2.46. The molecule has 5 nitrogen and oxygen atoms in total. The van der Waals surface area contributed by atoms with Crippen LogP contribution in [0, 0.1) is 5.92 Å². The minimum atomic E-state index is -1.03. The molecule has 0 aromatic heterocycles. The molecule has 92 valence electrons. The number of aliphatic carboxylic acids is 1. The maximum Gasteiger partial charge on any atom is 0.326 e.